The molecule has 1 saturated heterocycles. The van der Waals surface area contributed by atoms with Crippen molar-refractivity contribution in [2.75, 3.05) is 30.0 Å². The van der Waals surface area contributed by atoms with E-state index >= 15 is 0 Å². The third-order valence-corrected chi connectivity index (χ3v) is 5.61. The summed E-state index contributed by atoms with van der Waals surface area (Å²) in [5.41, 5.74) is 2.35. The van der Waals surface area contributed by atoms with Crippen LogP contribution >= 0.6 is 0 Å². The maximum Gasteiger partial charge on any atom is 0.152 e. The predicted octanol–water partition coefficient (Wildman–Crippen LogP) is 1.81. The largest absolute Gasteiger partial charge is 0.371 e. The van der Waals surface area contributed by atoms with E-state index in [1.807, 2.05) is 7.05 Å². The molecule has 0 aliphatic carbocycles. The number of rotatable bonds is 6. The number of benzene rings is 1. The molecular formula is C15H24N2O2S. The van der Waals surface area contributed by atoms with E-state index in [2.05, 4.69) is 41.4 Å². The Hall–Kier alpha value is -1.07. The van der Waals surface area contributed by atoms with E-state index in [1.54, 1.807) is 0 Å². The number of nitrogens with one attached hydrogen (secondary N) is 1. The zero-order valence-corrected chi connectivity index (χ0v) is 13.1. The van der Waals surface area contributed by atoms with E-state index in [0.717, 1.165) is 31.6 Å². The molecule has 0 aromatic heterocycles. The quantitative estimate of drug-likeness (QED) is 0.813. The molecule has 1 fully saturated rings. The van der Waals surface area contributed by atoms with Gasteiger partial charge in [0.2, 0.25) is 0 Å². The van der Waals surface area contributed by atoms with Crippen LogP contribution in [0.2, 0.25) is 0 Å². The predicted molar refractivity (Wildman–Crippen MR) is 83.9 cm³/mol. The van der Waals surface area contributed by atoms with Gasteiger partial charge in [-0.05, 0) is 37.1 Å². The highest BCUT2D eigenvalue weighted by Crippen LogP contribution is 2.23. The molecular weight excluding hydrogens is 272 g/mol. The van der Waals surface area contributed by atoms with Gasteiger partial charge in [-0.15, -0.1) is 0 Å². The molecule has 1 atom stereocenters. The van der Waals surface area contributed by atoms with Crippen LogP contribution < -0.4 is 10.2 Å². The highest BCUT2D eigenvalue weighted by Gasteiger charge is 2.30. The maximum atomic E-state index is 11.5. The van der Waals surface area contributed by atoms with Crippen molar-refractivity contribution in [2.24, 2.45) is 0 Å². The molecule has 0 spiro atoms. The molecule has 1 N–H and O–H groups in total. The molecule has 112 valence electrons. The highest BCUT2D eigenvalue weighted by atomic mass is 32.2. The standard InChI is InChI=1S/C15H24N2O2S/c1-3-9-16-11-13-4-6-14(7-5-13)17(2)15-8-10-20(18,19)12-15/h4-7,15-16H,3,8-12H2,1-2H3. The van der Waals surface area contributed by atoms with Crippen molar-refractivity contribution in [2.45, 2.75) is 32.4 Å². The van der Waals surface area contributed by atoms with Gasteiger partial charge in [0.15, 0.2) is 9.84 Å². The summed E-state index contributed by atoms with van der Waals surface area (Å²) in [6, 6.07) is 8.49. The van der Waals surface area contributed by atoms with Gasteiger partial charge in [-0.1, -0.05) is 19.1 Å². The fourth-order valence-electron chi connectivity index (χ4n) is 2.55. The van der Waals surface area contributed by atoms with Crippen LogP contribution in [0.4, 0.5) is 5.69 Å². The second-order valence-electron chi connectivity index (χ2n) is 5.51. The molecule has 1 aliphatic heterocycles. The topological polar surface area (TPSA) is 49.4 Å². The molecule has 2 rings (SSSR count). The summed E-state index contributed by atoms with van der Waals surface area (Å²) < 4.78 is 23.1. The second-order valence-corrected chi connectivity index (χ2v) is 7.74. The Bertz CT molecular complexity index is 525. The third kappa shape index (κ3) is 3.96. The Labute approximate surface area is 122 Å². The lowest BCUT2D eigenvalue weighted by atomic mass is 10.1. The summed E-state index contributed by atoms with van der Waals surface area (Å²) in [5.74, 6) is 0.602. The smallest absolute Gasteiger partial charge is 0.152 e. The zero-order chi connectivity index (χ0) is 14.6. The Balaban J connectivity index is 1.95. The van der Waals surface area contributed by atoms with E-state index in [-0.39, 0.29) is 11.8 Å². The summed E-state index contributed by atoms with van der Waals surface area (Å²) in [6.07, 6.45) is 1.87. The molecule has 20 heavy (non-hydrogen) atoms. The van der Waals surface area contributed by atoms with Crippen molar-refractivity contribution in [1.82, 2.24) is 5.32 Å². The van der Waals surface area contributed by atoms with Crippen LogP contribution in [0.5, 0.6) is 0 Å². The number of hydrogen-bond acceptors (Lipinski definition) is 4. The molecule has 4 nitrogen and oxygen atoms in total. The first-order valence-electron chi connectivity index (χ1n) is 7.25. The molecule has 0 bridgehead atoms. The van der Waals surface area contributed by atoms with Crippen LogP contribution in [0, 0.1) is 0 Å². The SMILES string of the molecule is CCCNCc1ccc(N(C)C2CCS(=O)(=O)C2)cc1. The normalized spacial score (nSPS) is 21.0. The Kier molecular flexibility index (Phi) is 5.05. The van der Waals surface area contributed by atoms with Crippen LogP contribution in [0.25, 0.3) is 0 Å². The molecule has 5 heteroatoms. The van der Waals surface area contributed by atoms with Crippen LogP contribution in [-0.2, 0) is 16.4 Å². The van der Waals surface area contributed by atoms with E-state index in [4.69, 9.17) is 0 Å². The molecule has 0 saturated carbocycles. The maximum absolute atomic E-state index is 11.5. The van der Waals surface area contributed by atoms with Crippen molar-refractivity contribution in [3.8, 4) is 0 Å². The second kappa shape index (κ2) is 6.59. The monoisotopic (exact) mass is 296 g/mol. The van der Waals surface area contributed by atoms with Gasteiger partial charge < -0.3 is 10.2 Å². The fraction of sp³-hybridized carbons (Fsp3) is 0.600. The van der Waals surface area contributed by atoms with E-state index in [0.29, 0.717) is 5.75 Å². The number of anilines is 1. The number of nitrogens with zero attached hydrogens (tertiary/aromatic N) is 1. The number of hydrogen-bond donors (Lipinski definition) is 1. The van der Waals surface area contributed by atoms with Crippen LogP contribution in [0.15, 0.2) is 24.3 Å². The van der Waals surface area contributed by atoms with Gasteiger partial charge in [-0.2, -0.15) is 0 Å². The molecule has 1 aromatic rings. The van der Waals surface area contributed by atoms with Gasteiger partial charge in [0.05, 0.1) is 11.5 Å². The van der Waals surface area contributed by atoms with Gasteiger partial charge in [-0.25, -0.2) is 8.42 Å². The molecule has 1 unspecified atom stereocenters. The first kappa shape index (κ1) is 15.3. The van der Waals surface area contributed by atoms with Crippen LogP contribution in [0.1, 0.15) is 25.3 Å². The summed E-state index contributed by atoms with van der Waals surface area (Å²) in [7, 11) is -0.841. The van der Waals surface area contributed by atoms with Gasteiger partial charge in [0.25, 0.3) is 0 Å². The van der Waals surface area contributed by atoms with Gasteiger partial charge in [0, 0.05) is 25.3 Å². The fourth-order valence-corrected chi connectivity index (χ4v) is 4.32. The Morgan fingerprint density at radius 1 is 1.30 bits per heavy atom. The molecule has 0 radical (unpaired) electrons. The van der Waals surface area contributed by atoms with Crippen LogP contribution in [0.3, 0.4) is 0 Å². The Morgan fingerprint density at radius 3 is 2.55 bits per heavy atom. The molecule has 0 amide bonds. The lowest BCUT2D eigenvalue weighted by molar-refractivity contribution is 0.601. The van der Waals surface area contributed by atoms with Crippen molar-refractivity contribution < 1.29 is 8.42 Å². The average molecular weight is 296 g/mol. The van der Waals surface area contributed by atoms with Crippen LogP contribution in [-0.4, -0.2) is 39.6 Å². The minimum absolute atomic E-state index is 0.115. The third-order valence-electron chi connectivity index (χ3n) is 3.86. The van der Waals surface area contributed by atoms with Gasteiger partial charge in [0.1, 0.15) is 0 Å². The summed E-state index contributed by atoms with van der Waals surface area (Å²) in [5, 5.41) is 3.37. The summed E-state index contributed by atoms with van der Waals surface area (Å²) in [6.45, 7) is 4.07. The first-order chi connectivity index (χ1) is 9.52. The van der Waals surface area contributed by atoms with Crippen molar-refractivity contribution in [1.29, 1.82) is 0 Å². The van der Waals surface area contributed by atoms with Crippen molar-refractivity contribution >= 4 is 15.5 Å². The Morgan fingerprint density at radius 2 is 2.00 bits per heavy atom. The minimum Gasteiger partial charge on any atom is -0.371 e. The molecule has 1 aromatic carbocycles. The molecule has 1 aliphatic rings. The minimum atomic E-state index is -2.82. The first-order valence-corrected chi connectivity index (χ1v) is 9.07. The van der Waals surface area contributed by atoms with E-state index in [9.17, 15) is 8.42 Å². The summed E-state index contributed by atoms with van der Waals surface area (Å²) >= 11 is 0. The van der Waals surface area contributed by atoms with Gasteiger partial charge >= 0.3 is 0 Å². The van der Waals surface area contributed by atoms with E-state index < -0.39 is 9.84 Å². The highest BCUT2D eigenvalue weighted by molar-refractivity contribution is 7.91. The van der Waals surface area contributed by atoms with Gasteiger partial charge in [-0.3, -0.25) is 0 Å². The number of sulfone groups is 1. The van der Waals surface area contributed by atoms with Crippen molar-refractivity contribution in [3.05, 3.63) is 29.8 Å². The molecule has 1 heterocycles. The lowest BCUT2D eigenvalue weighted by Crippen LogP contribution is -2.32. The average Bonchev–Trinajstić information content (AvgIpc) is 2.79. The zero-order valence-electron chi connectivity index (χ0n) is 12.3. The summed E-state index contributed by atoms with van der Waals surface area (Å²) in [4.78, 5) is 2.09. The lowest BCUT2D eigenvalue weighted by Gasteiger charge is -2.25. The van der Waals surface area contributed by atoms with Crippen molar-refractivity contribution in [3.63, 3.8) is 0 Å². The van der Waals surface area contributed by atoms with E-state index in [1.165, 1.54) is 5.56 Å².